The van der Waals surface area contributed by atoms with Crippen molar-refractivity contribution in [3.63, 3.8) is 0 Å². The van der Waals surface area contributed by atoms with E-state index in [-0.39, 0.29) is 5.76 Å². The number of aromatic nitrogens is 2. The van der Waals surface area contributed by atoms with Gasteiger partial charge in [0.2, 0.25) is 5.76 Å². The highest BCUT2D eigenvalue weighted by atomic mass is 16.4. The number of carbonyl (C=O) groups is 1. The molecule has 19 heavy (non-hydrogen) atoms. The van der Waals surface area contributed by atoms with E-state index in [4.69, 9.17) is 9.52 Å². The smallest absolute Gasteiger partial charge is 0.372 e. The Morgan fingerprint density at radius 2 is 2.21 bits per heavy atom. The van der Waals surface area contributed by atoms with Crippen LogP contribution in [0.25, 0.3) is 0 Å². The molecule has 0 aliphatic heterocycles. The lowest BCUT2D eigenvalue weighted by molar-refractivity contribution is 0.0659. The molecule has 2 heterocycles. The van der Waals surface area contributed by atoms with Gasteiger partial charge in [-0.15, -0.1) is 0 Å². The standard InChI is InChI=1S/C13H15N3O3/c1-8-5-11(19-12(8)13(17)18)7-14-6-10-3-4-15-9(2)16-10/h3-5,14H,6-7H2,1-2H3,(H,17,18). The predicted molar refractivity (Wildman–Crippen MR) is 67.7 cm³/mol. The SMILES string of the molecule is Cc1nccc(CNCc2cc(C)c(C(=O)O)o2)n1. The van der Waals surface area contributed by atoms with Crippen molar-refractivity contribution in [1.82, 2.24) is 15.3 Å². The molecule has 0 aliphatic carbocycles. The average molecular weight is 261 g/mol. The Kier molecular flexibility index (Phi) is 3.91. The van der Waals surface area contributed by atoms with Gasteiger partial charge in [-0.1, -0.05) is 0 Å². The zero-order chi connectivity index (χ0) is 13.8. The Balaban J connectivity index is 1.92. The second kappa shape index (κ2) is 5.62. The molecule has 2 aromatic rings. The van der Waals surface area contributed by atoms with Crippen molar-refractivity contribution in [2.45, 2.75) is 26.9 Å². The molecule has 2 aromatic heterocycles. The summed E-state index contributed by atoms with van der Waals surface area (Å²) in [4.78, 5) is 19.1. The molecule has 0 saturated carbocycles. The Bertz CT molecular complexity index is 593. The summed E-state index contributed by atoms with van der Waals surface area (Å²) in [6.07, 6.45) is 1.71. The minimum absolute atomic E-state index is 0.00493. The molecule has 0 saturated heterocycles. The van der Waals surface area contributed by atoms with Crippen molar-refractivity contribution in [2.24, 2.45) is 0 Å². The van der Waals surface area contributed by atoms with Gasteiger partial charge in [-0.25, -0.2) is 14.8 Å². The van der Waals surface area contributed by atoms with Crippen LogP contribution in [-0.2, 0) is 13.1 Å². The van der Waals surface area contributed by atoms with Gasteiger partial charge < -0.3 is 14.8 Å². The van der Waals surface area contributed by atoms with Gasteiger partial charge in [0.25, 0.3) is 0 Å². The summed E-state index contributed by atoms with van der Waals surface area (Å²) < 4.78 is 5.24. The number of hydrogen-bond donors (Lipinski definition) is 2. The summed E-state index contributed by atoms with van der Waals surface area (Å²) >= 11 is 0. The summed E-state index contributed by atoms with van der Waals surface area (Å²) in [6, 6.07) is 3.55. The van der Waals surface area contributed by atoms with E-state index in [2.05, 4.69) is 15.3 Å². The second-order valence-corrected chi connectivity index (χ2v) is 4.23. The first-order valence-electron chi connectivity index (χ1n) is 5.88. The first kappa shape index (κ1) is 13.2. The third-order valence-corrected chi connectivity index (χ3v) is 2.60. The van der Waals surface area contributed by atoms with E-state index in [1.807, 2.05) is 13.0 Å². The molecule has 2 rings (SSSR count). The van der Waals surface area contributed by atoms with Crippen LogP contribution in [0, 0.1) is 13.8 Å². The number of carboxylic acids is 1. The van der Waals surface area contributed by atoms with E-state index in [0.29, 0.717) is 24.4 Å². The lowest BCUT2D eigenvalue weighted by Crippen LogP contribution is -2.13. The topological polar surface area (TPSA) is 88.2 Å². The maximum absolute atomic E-state index is 10.8. The predicted octanol–water partition coefficient (Wildman–Crippen LogP) is 1.67. The fraction of sp³-hybridized carbons (Fsp3) is 0.308. The number of furan rings is 1. The lowest BCUT2D eigenvalue weighted by Gasteiger charge is -2.02. The quantitative estimate of drug-likeness (QED) is 0.851. The first-order chi connectivity index (χ1) is 9.06. The van der Waals surface area contributed by atoms with Crippen molar-refractivity contribution >= 4 is 5.97 Å². The molecule has 0 unspecified atom stereocenters. The van der Waals surface area contributed by atoms with Gasteiger partial charge in [0.05, 0.1) is 12.2 Å². The summed E-state index contributed by atoms with van der Waals surface area (Å²) in [5.74, 6) is 0.270. The van der Waals surface area contributed by atoms with Crippen LogP contribution in [0.1, 0.15) is 33.4 Å². The molecular weight excluding hydrogens is 246 g/mol. The van der Waals surface area contributed by atoms with E-state index >= 15 is 0 Å². The van der Waals surface area contributed by atoms with Crippen molar-refractivity contribution in [3.05, 3.63) is 46.9 Å². The summed E-state index contributed by atoms with van der Waals surface area (Å²) in [5, 5.41) is 12.0. The van der Waals surface area contributed by atoms with Crippen LogP contribution < -0.4 is 5.32 Å². The molecule has 0 radical (unpaired) electrons. The van der Waals surface area contributed by atoms with Crippen LogP contribution in [0.5, 0.6) is 0 Å². The summed E-state index contributed by atoms with van der Waals surface area (Å²) in [6.45, 7) is 4.57. The van der Waals surface area contributed by atoms with Crippen LogP contribution in [0.3, 0.4) is 0 Å². The largest absolute Gasteiger partial charge is 0.475 e. The minimum Gasteiger partial charge on any atom is -0.475 e. The summed E-state index contributed by atoms with van der Waals surface area (Å²) in [7, 11) is 0. The van der Waals surface area contributed by atoms with Crippen molar-refractivity contribution in [3.8, 4) is 0 Å². The highest BCUT2D eigenvalue weighted by molar-refractivity contribution is 5.86. The number of nitrogens with zero attached hydrogens (tertiary/aromatic N) is 2. The zero-order valence-corrected chi connectivity index (χ0v) is 10.8. The Hall–Kier alpha value is -2.21. The molecule has 0 atom stereocenters. The molecule has 6 heteroatoms. The van der Waals surface area contributed by atoms with Crippen molar-refractivity contribution in [2.75, 3.05) is 0 Å². The number of aromatic carboxylic acids is 1. The molecule has 0 bridgehead atoms. The highest BCUT2D eigenvalue weighted by Gasteiger charge is 2.13. The van der Waals surface area contributed by atoms with E-state index in [9.17, 15) is 4.79 Å². The van der Waals surface area contributed by atoms with Gasteiger partial charge in [0.1, 0.15) is 11.6 Å². The molecule has 0 spiro atoms. The lowest BCUT2D eigenvalue weighted by atomic mass is 10.2. The monoisotopic (exact) mass is 261 g/mol. The maximum Gasteiger partial charge on any atom is 0.372 e. The second-order valence-electron chi connectivity index (χ2n) is 4.23. The Morgan fingerprint density at radius 1 is 1.42 bits per heavy atom. The molecule has 0 aromatic carbocycles. The molecule has 2 N–H and O–H groups in total. The number of hydrogen-bond acceptors (Lipinski definition) is 5. The van der Waals surface area contributed by atoms with Crippen LogP contribution in [0.15, 0.2) is 22.7 Å². The van der Waals surface area contributed by atoms with Gasteiger partial charge in [0, 0.05) is 18.3 Å². The van der Waals surface area contributed by atoms with Crippen molar-refractivity contribution < 1.29 is 14.3 Å². The van der Waals surface area contributed by atoms with Crippen LogP contribution in [0.2, 0.25) is 0 Å². The van der Waals surface area contributed by atoms with Crippen LogP contribution >= 0.6 is 0 Å². The Labute approximate surface area is 110 Å². The van der Waals surface area contributed by atoms with E-state index < -0.39 is 5.97 Å². The maximum atomic E-state index is 10.8. The van der Waals surface area contributed by atoms with Crippen molar-refractivity contribution in [1.29, 1.82) is 0 Å². The first-order valence-corrected chi connectivity index (χ1v) is 5.88. The van der Waals surface area contributed by atoms with Gasteiger partial charge >= 0.3 is 5.97 Å². The Morgan fingerprint density at radius 3 is 2.84 bits per heavy atom. The molecule has 0 amide bonds. The number of nitrogens with one attached hydrogen (secondary N) is 1. The summed E-state index contributed by atoms with van der Waals surface area (Å²) in [5.41, 5.74) is 1.51. The van der Waals surface area contributed by atoms with E-state index in [1.165, 1.54) is 0 Å². The average Bonchev–Trinajstić information content (AvgIpc) is 2.71. The van der Waals surface area contributed by atoms with Gasteiger partial charge in [-0.3, -0.25) is 0 Å². The third kappa shape index (κ3) is 3.38. The highest BCUT2D eigenvalue weighted by Crippen LogP contribution is 2.14. The number of rotatable bonds is 5. The van der Waals surface area contributed by atoms with Crippen LogP contribution in [0.4, 0.5) is 0 Å². The fourth-order valence-corrected chi connectivity index (χ4v) is 1.76. The third-order valence-electron chi connectivity index (χ3n) is 2.60. The molecule has 0 fully saturated rings. The normalized spacial score (nSPS) is 10.6. The molecule has 0 aliphatic rings. The molecule has 100 valence electrons. The minimum atomic E-state index is -1.05. The van der Waals surface area contributed by atoms with E-state index in [0.717, 1.165) is 11.5 Å². The zero-order valence-electron chi connectivity index (χ0n) is 10.8. The molecular formula is C13H15N3O3. The number of carboxylic acid groups (broad SMARTS) is 1. The molecule has 6 nitrogen and oxygen atoms in total. The van der Waals surface area contributed by atoms with Gasteiger partial charge in [0.15, 0.2) is 0 Å². The number of aryl methyl sites for hydroxylation is 2. The van der Waals surface area contributed by atoms with Crippen LogP contribution in [-0.4, -0.2) is 21.0 Å². The van der Waals surface area contributed by atoms with E-state index in [1.54, 1.807) is 19.2 Å². The van der Waals surface area contributed by atoms with Gasteiger partial charge in [-0.05, 0) is 26.0 Å². The fourth-order valence-electron chi connectivity index (χ4n) is 1.76. The van der Waals surface area contributed by atoms with Gasteiger partial charge in [-0.2, -0.15) is 0 Å².